The fourth-order valence-electron chi connectivity index (χ4n) is 1.14. The molecule has 0 saturated heterocycles. The number of hydrogen-bond donors (Lipinski definition) is 4. The van der Waals surface area contributed by atoms with E-state index in [1.165, 1.54) is 18.2 Å². The highest BCUT2D eigenvalue weighted by Crippen LogP contribution is 2.20. The second-order valence-electron chi connectivity index (χ2n) is 3.10. The van der Waals surface area contributed by atoms with Gasteiger partial charge in [0.1, 0.15) is 0 Å². The Bertz CT molecular complexity index is 436. The molecule has 0 radical (unpaired) electrons. The minimum Gasteiger partial charge on any atom is -0.478 e. The summed E-state index contributed by atoms with van der Waals surface area (Å²) in [7, 11) is 0. The predicted octanol–water partition coefficient (Wildman–Crippen LogP) is 1.15. The molecule has 0 aliphatic heterocycles. The van der Waals surface area contributed by atoms with E-state index < -0.39 is 12.0 Å². The fraction of sp³-hybridized carbons (Fsp3) is 0.200. The molecule has 1 aromatic carbocycles. The fourth-order valence-corrected chi connectivity index (χ4v) is 1.31. The molecule has 0 unspecified atom stereocenters. The average Bonchev–Trinajstić information content (AvgIpc) is 2.28. The van der Waals surface area contributed by atoms with Gasteiger partial charge in [0, 0.05) is 11.6 Å². The molecule has 2 amide bonds. The first-order valence-electron chi connectivity index (χ1n) is 4.73. The van der Waals surface area contributed by atoms with Gasteiger partial charge in [-0.2, -0.15) is 0 Å². The molecular weight excluding hydrogens is 248 g/mol. The number of benzene rings is 1. The maximum atomic E-state index is 11.3. The Morgan fingerprint density at radius 2 is 2.06 bits per heavy atom. The number of carboxylic acids is 1. The summed E-state index contributed by atoms with van der Waals surface area (Å²) < 4.78 is 0. The zero-order chi connectivity index (χ0) is 12.8. The summed E-state index contributed by atoms with van der Waals surface area (Å²) in [6.45, 7) is -0.109. The number of urea groups is 1. The summed E-state index contributed by atoms with van der Waals surface area (Å²) in [6, 6.07) is 3.51. The third kappa shape index (κ3) is 3.93. The van der Waals surface area contributed by atoms with Gasteiger partial charge < -0.3 is 20.8 Å². The van der Waals surface area contributed by atoms with Gasteiger partial charge in [-0.25, -0.2) is 9.59 Å². The monoisotopic (exact) mass is 258 g/mol. The number of carbonyl (C=O) groups excluding carboxylic acids is 1. The normalized spacial score (nSPS) is 9.76. The van der Waals surface area contributed by atoms with Gasteiger partial charge in [0.15, 0.2) is 0 Å². The van der Waals surface area contributed by atoms with Crippen LogP contribution < -0.4 is 10.6 Å². The standard InChI is InChI=1S/C10H11ClN2O4/c11-6-1-2-8(7(5-6)9(15)16)13-10(17)12-3-4-14/h1-2,5,14H,3-4H2,(H,15,16)(H2,12,13,17). The Morgan fingerprint density at radius 1 is 1.35 bits per heavy atom. The van der Waals surface area contributed by atoms with E-state index in [-0.39, 0.29) is 29.4 Å². The van der Waals surface area contributed by atoms with Crippen molar-refractivity contribution in [1.82, 2.24) is 5.32 Å². The number of nitrogens with one attached hydrogen (secondary N) is 2. The number of amides is 2. The number of carbonyl (C=O) groups is 2. The summed E-state index contributed by atoms with van der Waals surface area (Å²) in [4.78, 5) is 22.2. The molecule has 6 nitrogen and oxygen atoms in total. The summed E-state index contributed by atoms with van der Waals surface area (Å²) in [6.07, 6.45) is 0. The number of anilines is 1. The molecule has 0 aromatic heterocycles. The van der Waals surface area contributed by atoms with Crippen molar-refractivity contribution in [3.63, 3.8) is 0 Å². The zero-order valence-corrected chi connectivity index (χ0v) is 9.49. The molecular formula is C10H11ClN2O4. The van der Waals surface area contributed by atoms with Gasteiger partial charge >= 0.3 is 12.0 Å². The van der Waals surface area contributed by atoms with Crippen LogP contribution in [0.5, 0.6) is 0 Å². The van der Waals surface area contributed by atoms with Crippen molar-refractivity contribution >= 4 is 29.3 Å². The average molecular weight is 259 g/mol. The molecule has 0 spiro atoms. The number of aliphatic hydroxyl groups excluding tert-OH is 1. The van der Waals surface area contributed by atoms with Crippen molar-refractivity contribution in [3.05, 3.63) is 28.8 Å². The molecule has 1 aromatic rings. The lowest BCUT2D eigenvalue weighted by Gasteiger charge is -2.09. The van der Waals surface area contributed by atoms with Gasteiger partial charge in [-0.15, -0.1) is 0 Å². The Balaban J connectivity index is 2.83. The van der Waals surface area contributed by atoms with E-state index in [4.69, 9.17) is 21.8 Å². The first-order valence-corrected chi connectivity index (χ1v) is 5.11. The molecule has 17 heavy (non-hydrogen) atoms. The Kier molecular flexibility index (Phi) is 4.74. The largest absolute Gasteiger partial charge is 0.478 e. The van der Waals surface area contributed by atoms with Crippen LogP contribution in [-0.2, 0) is 0 Å². The highest BCUT2D eigenvalue weighted by atomic mass is 35.5. The van der Waals surface area contributed by atoms with Gasteiger partial charge in [-0.1, -0.05) is 11.6 Å². The van der Waals surface area contributed by atoms with Crippen LogP contribution in [-0.4, -0.2) is 35.4 Å². The van der Waals surface area contributed by atoms with Gasteiger partial charge in [0.05, 0.1) is 17.9 Å². The first kappa shape index (κ1) is 13.3. The summed E-state index contributed by atoms with van der Waals surface area (Å²) >= 11 is 5.66. The number of aliphatic hydroxyl groups is 1. The van der Waals surface area contributed by atoms with Crippen LogP contribution in [0.15, 0.2) is 18.2 Å². The van der Waals surface area contributed by atoms with Crippen molar-refractivity contribution in [1.29, 1.82) is 0 Å². The van der Waals surface area contributed by atoms with Crippen LogP contribution in [0.3, 0.4) is 0 Å². The zero-order valence-electron chi connectivity index (χ0n) is 8.74. The van der Waals surface area contributed by atoms with E-state index in [0.29, 0.717) is 0 Å². The van der Waals surface area contributed by atoms with Crippen molar-refractivity contribution in [2.75, 3.05) is 18.5 Å². The van der Waals surface area contributed by atoms with Gasteiger partial charge in [0.2, 0.25) is 0 Å². The maximum absolute atomic E-state index is 11.3. The second kappa shape index (κ2) is 6.07. The lowest BCUT2D eigenvalue weighted by atomic mass is 10.2. The number of hydrogen-bond acceptors (Lipinski definition) is 3. The maximum Gasteiger partial charge on any atom is 0.337 e. The van der Waals surface area contributed by atoms with E-state index in [1.807, 2.05) is 0 Å². The highest BCUT2D eigenvalue weighted by molar-refractivity contribution is 6.31. The van der Waals surface area contributed by atoms with Gasteiger partial charge in [-0.3, -0.25) is 0 Å². The summed E-state index contributed by atoms with van der Waals surface area (Å²) in [5, 5.41) is 22.4. The topological polar surface area (TPSA) is 98.7 Å². The van der Waals surface area contributed by atoms with Gasteiger partial charge in [0.25, 0.3) is 0 Å². The molecule has 7 heteroatoms. The number of rotatable bonds is 4. The lowest BCUT2D eigenvalue weighted by Crippen LogP contribution is -2.31. The SMILES string of the molecule is O=C(NCCO)Nc1ccc(Cl)cc1C(=O)O. The molecule has 4 N–H and O–H groups in total. The van der Waals surface area contributed by atoms with Crippen LogP contribution >= 0.6 is 11.6 Å². The van der Waals surface area contributed by atoms with E-state index in [1.54, 1.807) is 0 Å². The third-order valence-electron chi connectivity index (χ3n) is 1.86. The molecule has 0 aliphatic carbocycles. The van der Waals surface area contributed by atoms with Gasteiger partial charge in [-0.05, 0) is 18.2 Å². The predicted molar refractivity (Wildman–Crippen MR) is 62.5 cm³/mol. The summed E-state index contributed by atoms with van der Waals surface area (Å²) in [5.41, 5.74) is 0.0361. The van der Waals surface area contributed by atoms with Crippen molar-refractivity contribution in [2.24, 2.45) is 0 Å². The quantitative estimate of drug-likeness (QED) is 0.651. The van der Waals surface area contributed by atoms with Crippen LogP contribution in [0.25, 0.3) is 0 Å². The van der Waals surface area contributed by atoms with Crippen molar-refractivity contribution < 1.29 is 19.8 Å². The minimum absolute atomic E-state index is 0.0851. The first-order chi connectivity index (χ1) is 8.04. The molecule has 0 saturated carbocycles. The molecule has 0 fully saturated rings. The number of halogens is 1. The second-order valence-corrected chi connectivity index (χ2v) is 3.54. The Hall–Kier alpha value is -1.79. The van der Waals surface area contributed by atoms with E-state index in [2.05, 4.69) is 10.6 Å². The van der Waals surface area contributed by atoms with Crippen LogP contribution in [0.4, 0.5) is 10.5 Å². The van der Waals surface area contributed by atoms with Crippen molar-refractivity contribution in [2.45, 2.75) is 0 Å². The summed E-state index contributed by atoms with van der Waals surface area (Å²) in [5.74, 6) is -1.19. The number of carboxylic acid groups (broad SMARTS) is 1. The Morgan fingerprint density at radius 3 is 2.65 bits per heavy atom. The van der Waals surface area contributed by atoms with Crippen LogP contribution in [0.2, 0.25) is 5.02 Å². The van der Waals surface area contributed by atoms with Crippen molar-refractivity contribution in [3.8, 4) is 0 Å². The molecule has 0 heterocycles. The molecule has 0 aliphatic rings. The molecule has 0 atom stereocenters. The highest BCUT2D eigenvalue weighted by Gasteiger charge is 2.12. The third-order valence-corrected chi connectivity index (χ3v) is 2.09. The Labute approximate surface area is 102 Å². The van der Waals surface area contributed by atoms with E-state index in [0.717, 1.165) is 0 Å². The smallest absolute Gasteiger partial charge is 0.337 e. The molecule has 1 rings (SSSR count). The molecule has 0 bridgehead atoms. The van der Waals surface area contributed by atoms with E-state index >= 15 is 0 Å². The van der Waals surface area contributed by atoms with E-state index in [9.17, 15) is 9.59 Å². The molecule has 92 valence electrons. The minimum atomic E-state index is -1.19. The van der Waals surface area contributed by atoms with Crippen LogP contribution in [0.1, 0.15) is 10.4 Å². The number of aromatic carboxylic acids is 1. The van der Waals surface area contributed by atoms with Crippen LogP contribution in [0, 0.1) is 0 Å². The lowest BCUT2D eigenvalue weighted by molar-refractivity contribution is 0.0698.